The Morgan fingerprint density at radius 1 is 0.697 bits per heavy atom. The van der Waals surface area contributed by atoms with E-state index in [-0.39, 0.29) is 25.8 Å². The van der Waals surface area contributed by atoms with Gasteiger partial charge in [-0.1, -0.05) is 59.1 Å². The van der Waals surface area contributed by atoms with Gasteiger partial charge in [-0.15, -0.1) is 0 Å². The fourth-order valence-corrected chi connectivity index (χ4v) is 5.02. The highest BCUT2D eigenvalue weighted by atomic mass is 16.4. The van der Waals surface area contributed by atoms with Crippen molar-refractivity contribution in [3.05, 3.63) is 12.2 Å². The SMILES string of the molecule is CCCC/C=C/CCCCC[N+](C(CCC)C(=O)[O-])(C(CCC)C(=O)O)C(CCC)C(=O)O. The zero-order valence-electron chi connectivity index (χ0n) is 21.3. The molecule has 0 amide bonds. The molecule has 192 valence electrons. The predicted molar refractivity (Wildman–Crippen MR) is 129 cm³/mol. The quantitative estimate of drug-likeness (QED) is 0.145. The summed E-state index contributed by atoms with van der Waals surface area (Å²) in [6, 6.07) is -3.35. The van der Waals surface area contributed by atoms with Crippen LogP contribution in [0.15, 0.2) is 12.2 Å². The molecule has 0 rings (SSSR count). The van der Waals surface area contributed by atoms with Crippen molar-refractivity contribution in [2.75, 3.05) is 6.54 Å². The second-order valence-corrected chi connectivity index (χ2v) is 9.09. The molecule has 0 fully saturated rings. The zero-order chi connectivity index (χ0) is 25.3. The van der Waals surface area contributed by atoms with Gasteiger partial charge in [-0.05, 0) is 44.9 Å². The van der Waals surface area contributed by atoms with Gasteiger partial charge in [0.1, 0.15) is 6.04 Å². The van der Waals surface area contributed by atoms with Gasteiger partial charge in [0, 0.05) is 19.3 Å². The molecule has 0 aliphatic carbocycles. The van der Waals surface area contributed by atoms with Crippen LogP contribution in [0.3, 0.4) is 0 Å². The van der Waals surface area contributed by atoms with Crippen LogP contribution in [0.2, 0.25) is 0 Å². The Balaban J connectivity index is 6.05. The van der Waals surface area contributed by atoms with Crippen molar-refractivity contribution in [1.82, 2.24) is 0 Å². The lowest BCUT2D eigenvalue weighted by Crippen LogP contribution is -2.74. The zero-order valence-corrected chi connectivity index (χ0v) is 21.3. The summed E-state index contributed by atoms with van der Waals surface area (Å²) in [7, 11) is 0. The van der Waals surface area contributed by atoms with E-state index in [0.717, 1.165) is 32.1 Å². The summed E-state index contributed by atoms with van der Waals surface area (Å²) in [5.74, 6) is -3.60. The first-order chi connectivity index (χ1) is 15.7. The van der Waals surface area contributed by atoms with Crippen LogP contribution in [0.25, 0.3) is 0 Å². The summed E-state index contributed by atoms with van der Waals surface area (Å²) in [6.07, 6.45) is 13.2. The summed E-state index contributed by atoms with van der Waals surface area (Å²) >= 11 is 0. The van der Waals surface area contributed by atoms with Crippen molar-refractivity contribution in [2.45, 2.75) is 129 Å². The number of carbonyl (C=O) groups excluding carboxylic acids is 1. The molecule has 0 saturated heterocycles. The molecule has 7 heteroatoms. The summed E-state index contributed by atoms with van der Waals surface area (Å²) in [4.78, 5) is 37.2. The molecular formula is C26H47NO6. The minimum atomic E-state index is -1.35. The Kier molecular flexibility index (Phi) is 16.6. The number of carbonyl (C=O) groups is 3. The third kappa shape index (κ3) is 9.86. The second kappa shape index (κ2) is 17.6. The molecule has 0 heterocycles. The van der Waals surface area contributed by atoms with Gasteiger partial charge in [0.2, 0.25) is 0 Å². The molecule has 0 spiro atoms. The fourth-order valence-electron chi connectivity index (χ4n) is 5.02. The highest BCUT2D eigenvalue weighted by Gasteiger charge is 2.54. The monoisotopic (exact) mass is 469 g/mol. The summed E-state index contributed by atoms with van der Waals surface area (Å²) in [5, 5.41) is 32.6. The second-order valence-electron chi connectivity index (χ2n) is 9.09. The van der Waals surface area contributed by atoms with Crippen LogP contribution < -0.4 is 5.11 Å². The Morgan fingerprint density at radius 3 is 1.55 bits per heavy atom. The van der Waals surface area contributed by atoms with E-state index in [4.69, 9.17) is 0 Å². The third-order valence-corrected chi connectivity index (χ3v) is 6.58. The maximum absolute atomic E-state index is 12.4. The van der Waals surface area contributed by atoms with Gasteiger partial charge < -0.3 is 20.1 Å². The smallest absolute Gasteiger partial charge is 0.362 e. The maximum atomic E-state index is 12.4. The molecular weight excluding hydrogens is 422 g/mol. The van der Waals surface area contributed by atoms with Gasteiger partial charge in [0.25, 0.3) is 0 Å². The molecule has 0 saturated carbocycles. The van der Waals surface area contributed by atoms with Crippen LogP contribution in [-0.4, -0.2) is 57.3 Å². The van der Waals surface area contributed by atoms with Gasteiger partial charge in [0.05, 0.1) is 12.5 Å². The molecule has 0 aliphatic heterocycles. The molecule has 0 aromatic rings. The molecule has 0 bridgehead atoms. The number of carboxylic acid groups (broad SMARTS) is 3. The van der Waals surface area contributed by atoms with E-state index in [0.29, 0.717) is 25.7 Å². The van der Waals surface area contributed by atoms with Gasteiger partial charge in [-0.3, -0.25) is 4.48 Å². The number of carboxylic acids is 3. The Morgan fingerprint density at radius 2 is 1.15 bits per heavy atom. The number of nitrogens with zero attached hydrogens (tertiary/aromatic N) is 1. The standard InChI is InChI=1S/C26H47NO6/c1-5-9-10-11-12-13-14-15-16-20-27(21(17-6-2)24(28)29,22(18-7-3)25(30)31)23(19-8-4)26(32)33/h11-12,21-23H,5-10,13-20H2,1-4H3,(H2-,28,29,30,31,32,33)/b12-11+. The lowest BCUT2D eigenvalue weighted by atomic mass is 9.91. The number of hydrogen-bond donors (Lipinski definition) is 2. The van der Waals surface area contributed by atoms with Crippen molar-refractivity contribution in [1.29, 1.82) is 0 Å². The van der Waals surface area contributed by atoms with Crippen LogP contribution in [0, 0.1) is 0 Å². The number of aliphatic carboxylic acids is 3. The molecule has 0 radical (unpaired) electrons. The van der Waals surface area contributed by atoms with Crippen molar-refractivity contribution >= 4 is 17.9 Å². The molecule has 7 nitrogen and oxygen atoms in total. The number of hydrogen-bond acceptors (Lipinski definition) is 4. The summed E-state index contributed by atoms with van der Waals surface area (Å²) in [6.45, 7) is 7.90. The van der Waals surface area contributed by atoms with Crippen molar-refractivity contribution in [3.63, 3.8) is 0 Å². The first kappa shape index (κ1) is 31.1. The Bertz CT molecular complexity index is 544. The van der Waals surface area contributed by atoms with Crippen LogP contribution in [0.5, 0.6) is 0 Å². The van der Waals surface area contributed by atoms with Crippen LogP contribution in [-0.2, 0) is 14.4 Å². The normalized spacial score (nSPS) is 16.2. The largest absolute Gasteiger partial charge is 0.544 e. The third-order valence-electron chi connectivity index (χ3n) is 6.58. The summed E-state index contributed by atoms with van der Waals surface area (Å²) in [5.41, 5.74) is 0. The predicted octanol–water partition coefficient (Wildman–Crippen LogP) is 4.54. The first-order valence-electron chi connectivity index (χ1n) is 12.9. The minimum absolute atomic E-state index is 0.198. The van der Waals surface area contributed by atoms with Gasteiger partial charge in [-0.25, -0.2) is 9.59 Å². The molecule has 33 heavy (non-hydrogen) atoms. The average molecular weight is 470 g/mol. The lowest BCUT2D eigenvalue weighted by Gasteiger charge is -2.52. The van der Waals surface area contributed by atoms with Crippen molar-refractivity contribution < 1.29 is 34.2 Å². The first-order valence-corrected chi connectivity index (χ1v) is 12.9. The van der Waals surface area contributed by atoms with E-state index in [9.17, 15) is 29.7 Å². The Labute approximate surface area is 200 Å². The van der Waals surface area contributed by atoms with E-state index in [1.807, 2.05) is 20.8 Å². The molecule has 0 aromatic heterocycles. The van der Waals surface area contributed by atoms with Gasteiger partial charge in [-0.2, -0.15) is 0 Å². The minimum Gasteiger partial charge on any atom is -0.544 e. The Hall–Kier alpha value is -1.89. The number of rotatable bonds is 21. The van der Waals surface area contributed by atoms with Crippen molar-refractivity contribution in [3.8, 4) is 0 Å². The highest BCUT2D eigenvalue weighted by molar-refractivity contribution is 5.77. The molecule has 0 aromatic carbocycles. The topological polar surface area (TPSA) is 115 Å². The number of unbranched alkanes of at least 4 members (excludes halogenated alkanes) is 5. The van der Waals surface area contributed by atoms with E-state index >= 15 is 0 Å². The lowest BCUT2D eigenvalue weighted by molar-refractivity contribution is -0.975. The fraction of sp³-hybridized carbons (Fsp3) is 0.808. The number of quaternary nitrogens is 1. The van der Waals surface area contributed by atoms with Crippen LogP contribution in [0.4, 0.5) is 0 Å². The van der Waals surface area contributed by atoms with Crippen molar-refractivity contribution in [2.24, 2.45) is 0 Å². The van der Waals surface area contributed by atoms with Crippen LogP contribution >= 0.6 is 0 Å². The van der Waals surface area contributed by atoms with E-state index < -0.39 is 40.5 Å². The van der Waals surface area contributed by atoms with Gasteiger partial charge in [0.15, 0.2) is 12.1 Å². The molecule has 3 unspecified atom stereocenters. The number of allylic oxidation sites excluding steroid dienone is 2. The average Bonchev–Trinajstić information content (AvgIpc) is 2.76. The van der Waals surface area contributed by atoms with Gasteiger partial charge >= 0.3 is 11.9 Å². The van der Waals surface area contributed by atoms with E-state index in [1.165, 1.54) is 6.42 Å². The van der Waals surface area contributed by atoms with E-state index in [2.05, 4.69) is 19.1 Å². The summed E-state index contributed by atoms with van der Waals surface area (Å²) < 4.78 is -0.450. The molecule has 3 atom stereocenters. The molecule has 2 N–H and O–H groups in total. The highest BCUT2D eigenvalue weighted by Crippen LogP contribution is 2.34. The van der Waals surface area contributed by atoms with Crippen LogP contribution in [0.1, 0.15) is 111 Å². The molecule has 0 aliphatic rings. The maximum Gasteiger partial charge on any atom is 0.362 e. The van der Waals surface area contributed by atoms with E-state index in [1.54, 1.807) is 0 Å².